The van der Waals surface area contributed by atoms with Gasteiger partial charge in [0.15, 0.2) is 0 Å². The average Bonchev–Trinajstić information content (AvgIpc) is 2.37. The number of hydrogen-bond acceptors (Lipinski definition) is 3. The molecule has 1 N–H and O–H groups in total. The zero-order valence-corrected chi connectivity index (χ0v) is 14.0. The van der Waals surface area contributed by atoms with E-state index in [1.54, 1.807) is 0 Å². The van der Waals surface area contributed by atoms with Crippen LogP contribution in [0, 0.1) is 0 Å². The van der Waals surface area contributed by atoms with Crippen LogP contribution in [0.25, 0.3) is 0 Å². The Hall–Kier alpha value is -1.26. The first-order chi connectivity index (χ1) is 9.35. The Kier molecular flexibility index (Phi) is 6.05. The molecule has 1 aliphatic rings. The van der Waals surface area contributed by atoms with Crippen molar-refractivity contribution >= 4 is 18.3 Å². The first-order valence-corrected chi connectivity index (χ1v) is 7.17. The number of halogens is 1. The summed E-state index contributed by atoms with van der Waals surface area (Å²) in [6.45, 7) is 10.5. The number of nitrogens with one attached hydrogen (secondary N) is 1. The summed E-state index contributed by atoms with van der Waals surface area (Å²) in [4.78, 5) is 14.3. The van der Waals surface area contributed by atoms with Gasteiger partial charge in [-0.05, 0) is 52.0 Å². The van der Waals surface area contributed by atoms with Gasteiger partial charge in [-0.1, -0.05) is 0 Å². The van der Waals surface area contributed by atoms with Crippen molar-refractivity contribution < 1.29 is 9.53 Å². The van der Waals surface area contributed by atoms with Gasteiger partial charge in [-0.25, -0.2) is 0 Å². The van der Waals surface area contributed by atoms with Gasteiger partial charge in [-0.2, -0.15) is 0 Å². The number of amides is 1. The van der Waals surface area contributed by atoms with Crippen LogP contribution in [0.5, 0.6) is 5.75 Å². The molecule has 0 unspecified atom stereocenters. The van der Waals surface area contributed by atoms with Crippen molar-refractivity contribution in [1.82, 2.24) is 10.2 Å². The molecule has 1 amide bonds. The fourth-order valence-corrected chi connectivity index (χ4v) is 2.32. The van der Waals surface area contributed by atoms with Crippen molar-refractivity contribution in [3.05, 3.63) is 29.8 Å². The fraction of sp³-hybridized carbons (Fsp3) is 0.562. The molecule has 1 aliphatic heterocycles. The topological polar surface area (TPSA) is 41.6 Å². The number of benzene rings is 1. The highest BCUT2D eigenvalue weighted by Crippen LogP contribution is 2.19. The van der Waals surface area contributed by atoms with Crippen molar-refractivity contribution in [1.29, 1.82) is 0 Å². The predicted molar refractivity (Wildman–Crippen MR) is 87.4 cm³/mol. The minimum atomic E-state index is -0.223. The number of hydrogen-bond donors (Lipinski definition) is 1. The second-order valence-corrected chi connectivity index (χ2v) is 6.35. The third-order valence-electron chi connectivity index (χ3n) is 3.18. The maximum absolute atomic E-state index is 12.4. The van der Waals surface area contributed by atoms with E-state index in [-0.39, 0.29) is 23.9 Å². The van der Waals surface area contributed by atoms with Crippen molar-refractivity contribution in [3.8, 4) is 5.75 Å². The number of nitrogens with zero attached hydrogens (tertiary/aromatic N) is 1. The largest absolute Gasteiger partial charge is 0.488 e. The minimum Gasteiger partial charge on any atom is -0.488 e. The van der Waals surface area contributed by atoms with Gasteiger partial charge in [-0.3, -0.25) is 4.79 Å². The fourth-order valence-electron chi connectivity index (χ4n) is 2.32. The molecule has 118 valence electrons. The van der Waals surface area contributed by atoms with Gasteiger partial charge in [0, 0.05) is 31.2 Å². The monoisotopic (exact) mass is 312 g/mol. The van der Waals surface area contributed by atoms with E-state index in [4.69, 9.17) is 4.74 Å². The molecule has 4 nitrogen and oxygen atoms in total. The summed E-state index contributed by atoms with van der Waals surface area (Å²) in [5.74, 6) is 0.892. The summed E-state index contributed by atoms with van der Waals surface area (Å²) in [7, 11) is 0. The Morgan fingerprint density at radius 1 is 1.29 bits per heavy atom. The van der Waals surface area contributed by atoms with E-state index in [0.717, 1.165) is 30.9 Å². The zero-order chi connectivity index (χ0) is 14.8. The number of ether oxygens (including phenoxy) is 1. The summed E-state index contributed by atoms with van der Waals surface area (Å²) >= 11 is 0. The Balaban J connectivity index is 0.00000220. The second kappa shape index (κ2) is 7.14. The highest BCUT2D eigenvalue weighted by atomic mass is 35.5. The van der Waals surface area contributed by atoms with Crippen LogP contribution in [-0.2, 0) is 0 Å². The number of carbonyl (C=O) groups excluding carboxylic acids is 1. The smallest absolute Gasteiger partial charge is 0.253 e. The summed E-state index contributed by atoms with van der Waals surface area (Å²) in [5.41, 5.74) is 0.500. The molecule has 1 aromatic rings. The van der Waals surface area contributed by atoms with Gasteiger partial charge in [-0.15, -0.1) is 12.4 Å². The minimum absolute atomic E-state index is 0. The number of piperazine rings is 1. The standard InChI is InChI=1S/C16H24N2O2.ClH/c1-12-11-18(10-9-17-12)15(19)13-5-7-14(8-6-13)20-16(2,3)4;/h5-8,12,17H,9-11H2,1-4H3;1H/t12-;/m1./s1. The lowest BCUT2D eigenvalue weighted by molar-refractivity contribution is 0.0709. The van der Waals surface area contributed by atoms with Crippen LogP contribution in [0.2, 0.25) is 0 Å². The van der Waals surface area contributed by atoms with E-state index in [2.05, 4.69) is 12.2 Å². The van der Waals surface area contributed by atoms with Crippen LogP contribution >= 0.6 is 12.4 Å². The Morgan fingerprint density at radius 3 is 2.43 bits per heavy atom. The van der Waals surface area contributed by atoms with E-state index >= 15 is 0 Å². The molecule has 1 fully saturated rings. The van der Waals surface area contributed by atoms with Crippen LogP contribution in [0.4, 0.5) is 0 Å². The third-order valence-corrected chi connectivity index (χ3v) is 3.18. The molecule has 0 aliphatic carbocycles. The molecule has 1 saturated heterocycles. The van der Waals surface area contributed by atoms with E-state index in [1.165, 1.54) is 0 Å². The summed E-state index contributed by atoms with van der Waals surface area (Å²) in [5, 5.41) is 3.34. The molecule has 0 spiro atoms. The average molecular weight is 313 g/mol. The quantitative estimate of drug-likeness (QED) is 0.913. The molecule has 21 heavy (non-hydrogen) atoms. The molecule has 1 atom stereocenters. The molecule has 0 aromatic heterocycles. The van der Waals surface area contributed by atoms with Gasteiger partial charge >= 0.3 is 0 Å². The van der Waals surface area contributed by atoms with Gasteiger partial charge in [0.1, 0.15) is 11.4 Å². The van der Waals surface area contributed by atoms with Gasteiger partial charge in [0.25, 0.3) is 5.91 Å². The molecular formula is C16H25ClN2O2. The van der Waals surface area contributed by atoms with Gasteiger partial charge in [0.2, 0.25) is 0 Å². The predicted octanol–water partition coefficient (Wildman–Crippen LogP) is 2.72. The maximum atomic E-state index is 12.4. The van der Waals surface area contributed by atoms with E-state index in [1.807, 2.05) is 49.9 Å². The zero-order valence-electron chi connectivity index (χ0n) is 13.2. The third kappa shape index (κ3) is 5.21. The lowest BCUT2D eigenvalue weighted by Crippen LogP contribution is -2.51. The van der Waals surface area contributed by atoms with Crippen LogP contribution in [0.15, 0.2) is 24.3 Å². The van der Waals surface area contributed by atoms with Crippen LogP contribution in [0.1, 0.15) is 38.1 Å². The lowest BCUT2D eigenvalue weighted by atomic mass is 10.1. The Bertz CT molecular complexity index is 468. The molecule has 2 rings (SSSR count). The molecule has 0 bridgehead atoms. The molecule has 5 heteroatoms. The Morgan fingerprint density at radius 2 is 1.90 bits per heavy atom. The normalized spacial score (nSPS) is 18.9. The summed E-state index contributed by atoms with van der Waals surface area (Å²) in [6.07, 6.45) is 0. The SMILES string of the molecule is C[C@@H]1CN(C(=O)c2ccc(OC(C)(C)C)cc2)CCN1.Cl. The van der Waals surface area contributed by atoms with Crippen LogP contribution in [0.3, 0.4) is 0 Å². The van der Waals surface area contributed by atoms with E-state index in [0.29, 0.717) is 6.04 Å². The second-order valence-electron chi connectivity index (χ2n) is 6.35. The molecule has 0 radical (unpaired) electrons. The highest BCUT2D eigenvalue weighted by Gasteiger charge is 2.21. The highest BCUT2D eigenvalue weighted by molar-refractivity contribution is 5.94. The van der Waals surface area contributed by atoms with Crippen molar-refractivity contribution in [2.45, 2.75) is 39.3 Å². The summed E-state index contributed by atoms with van der Waals surface area (Å²) < 4.78 is 5.76. The molecular weight excluding hydrogens is 288 g/mol. The Labute approximate surface area is 133 Å². The van der Waals surface area contributed by atoms with Gasteiger partial charge < -0.3 is 15.0 Å². The van der Waals surface area contributed by atoms with Crippen LogP contribution < -0.4 is 10.1 Å². The van der Waals surface area contributed by atoms with E-state index in [9.17, 15) is 4.79 Å². The van der Waals surface area contributed by atoms with Crippen molar-refractivity contribution in [2.24, 2.45) is 0 Å². The maximum Gasteiger partial charge on any atom is 0.253 e. The molecule has 0 saturated carbocycles. The lowest BCUT2D eigenvalue weighted by Gasteiger charge is -2.32. The van der Waals surface area contributed by atoms with Crippen LogP contribution in [-0.4, -0.2) is 42.1 Å². The number of rotatable bonds is 2. The summed E-state index contributed by atoms with van der Waals surface area (Å²) in [6, 6.07) is 7.77. The van der Waals surface area contributed by atoms with E-state index < -0.39 is 0 Å². The van der Waals surface area contributed by atoms with Crippen molar-refractivity contribution in [2.75, 3.05) is 19.6 Å². The number of carbonyl (C=O) groups is 1. The first-order valence-electron chi connectivity index (χ1n) is 7.17. The van der Waals surface area contributed by atoms with Gasteiger partial charge in [0.05, 0.1) is 0 Å². The molecule has 1 heterocycles. The molecule has 1 aromatic carbocycles. The first kappa shape index (κ1) is 17.8. The van der Waals surface area contributed by atoms with Crippen molar-refractivity contribution in [3.63, 3.8) is 0 Å².